The van der Waals surface area contributed by atoms with Gasteiger partial charge in [-0.3, -0.25) is 4.57 Å². The van der Waals surface area contributed by atoms with E-state index in [4.69, 9.17) is 27.1 Å². The second-order valence-corrected chi connectivity index (χ2v) is 6.77. The predicted molar refractivity (Wildman–Crippen MR) is 76.3 cm³/mol. The number of nitrogens with one attached hydrogen (secondary N) is 1. The molecule has 3 aliphatic heterocycles. The molecule has 5 atom stereocenters. The van der Waals surface area contributed by atoms with Crippen LogP contribution in [0.4, 0.5) is 17.3 Å². The second-order valence-electron chi connectivity index (χ2n) is 5.22. The number of nitrogen functional groups attached to an aromatic ring is 1. The van der Waals surface area contributed by atoms with Crippen LogP contribution in [0.5, 0.6) is 0 Å². The molecule has 0 spiro atoms. The molecule has 2 radical (unpaired) electrons. The highest BCUT2D eigenvalue weighted by atomic mass is 31.2. The summed E-state index contributed by atoms with van der Waals surface area (Å²) in [6, 6.07) is 0. The second kappa shape index (κ2) is 4.80. The van der Waals surface area contributed by atoms with E-state index in [-0.39, 0.29) is 6.61 Å². The van der Waals surface area contributed by atoms with Gasteiger partial charge < -0.3 is 34.8 Å². The zero-order valence-corrected chi connectivity index (χ0v) is 12.2. The van der Waals surface area contributed by atoms with Crippen LogP contribution >= 0.6 is 7.47 Å². The van der Waals surface area contributed by atoms with Gasteiger partial charge in [0.15, 0.2) is 17.9 Å². The maximum atomic E-state index is 11.7. The van der Waals surface area contributed by atoms with E-state index in [2.05, 4.69) is 15.3 Å². The van der Waals surface area contributed by atoms with Crippen molar-refractivity contribution in [1.82, 2.24) is 9.97 Å². The minimum absolute atomic E-state index is 0.00789. The highest BCUT2D eigenvalue weighted by molar-refractivity contribution is 7.79. The molecule has 4 unspecified atom stereocenters. The third-order valence-corrected chi connectivity index (χ3v) is 4.91. The van der Waals surface area contributed by atoms with Crippen LogP contribution in [0.15, 0.2) is 6.33 Å². The van der Waals surface area contributed by atoms with Gasteiger partial charge in [0.1, 0.15) is 30.3 Å². The van der Waals surface area contributed by atoms with E-state index in [1.165, 1.54) is 6.33 Å². The first kappa shape index (κ1) is 14.2. The maximum absolute atomic E-state index is 11.7. The summed E-state index contributed by atoms with van der Waals surface area (Å²) in [6.07, 6.45) is -1.86. The smallest absolute Gasteiger partial charge is 0.264 e. The lowest BCUT2D eigenvalue weighted by atomic mass is 10.1. The Labute approximate surface area is 126 Å². The number of aliphatic hydroxyl groups is 1. The van der Waals surface area contributed by atoms with Gasteiger partial charge in [-0.1, -0.05) is 0 Å². The quantitative estimate of drug-likeness (QED) is 0.437. The Balaban J connectivity index is 1.61. The van der Waals surface area contributed by atoms with Crippen molar-refractivity contribution in [3.63, 3.8) is 0 Å². The third-order valence-electron chi connectivity index (χ3n) is 3.86. The fourth-order valence-corrected chi connectivity index (χ4v) is 3.86. The van der Waals surface area contributed by atoms with E-state index in [1.807, 2.05) is 0 Å². The van der Waals surface area contributed by atoms with Gasteiger partial charge in [0, 0.05) is 0 Å². The lowest BCUT2D eigenvalue weighted by Gasteiger charge is -2.30. The van der Waals surface area contributed by atoms with E-state index in [0.717, 1.165) is 0 Å². The number of nitrogens with zero attached hydrogens (tertiary/aromatic N) is 3. The summed E-state index contributed by atoms with van der Waals surface area (Å²) in [7, 11) is 1.73. The van der Waals surface area contributed by atoms with Crippen molar-refractivity contribution in [3.05, 3.63) is 6.33 Å². The van der Waals surface area contributed by atoms with Gasteiger partial charge in [0.2, 0.25) is 7.57 Å². The third kappa shape index (κ3) is 2.09. The van der Waals surface area contributed by atoms with Gasteiger partial charge in [-0.25, -0.2) is 9.97 Å². The van der Waals surface area contributed by atoms with Crippen LogP contribution in [0.2, 0.25) is 0 Å². The van der Waals surface area contributed by atoms with E-state index in [0.29, 0.717) is 24.0 Å². The van der Waals surface area contributed by atoms with Crippen molar-refractivity contribution in [2.75, 3.05) is 29.2 Å². The average Bonchev–Trinajstić information content (AvgIpc) is 3.01. The van der Waals surface area contributed by atoms with Crippen molar-refractivity contribution < 1.29 is 23.5 Å². The summed E-state index contributed by atoms with van der Waals surface area (Å²) in [4.78, 5) is 9.75. The molecule has 0 aliphatic carbocycles. The maximum Gasteiger partial charge on any atom is 0.264 e. The van der Waals surface area contributed by atoms with Crippen molar-refractivity contribution in [2.45, 2.75) is 24.5 Å². The van der Waals surface area contributed by atoms with E-state index in [1.54, 1.807) is 4.90 Å². The molecule has 3 aliphatic rings. The Bertz CT molecular complexity index is 665. The molecule has 4 rings (SSSR count). The number of nitrogens with two attached hydrogens (primary N) is 1. The van der Waals surface area contributed by atoms with Gasteiger partial charge in [-0.15, -0.1) is 0 Å². The van der Waals surface area contributed by atoms with Gasteiger partial charge in [-0.05, 0) is 0 Å². The van der Waals surface area contributed by atoms with Gasteiger partial charge >= 0.3 is 0 Å². The number of aliphatic hydroxyl groups excluding tert-OH is 1. The SMILES string of the molecule is [B]P1(=O)OCC2OC(N3CNc4c(N)ncnc43)C(O)[C@@H]2O1. The number of hydrogen-bond acceptors (Lipinski definition) is 10. The highest BCUT2D eigenvalue weighted by Gasteiger charge is 2.53. The minimum atomic E-state index is -3.65. The molecule has 2 fully saturated rings. The fraction of sp³-hybridized carbons (Fsp3) is 0.600. The normalized spacial score (nSPS) is 40.1. The monoisotopic (exact) mass is 325 g/mol. The fourth-order valence-electron chi connectivity index (χ4n) is 2.85. The summed E-state index contributed by atoms with van der Waals surface area (Å²) >= 11 is 0. The molecule has 1 aromatic rings. The Hall–Kier alpha value is -1.39. The largest absolute Gasteiger partial charge is 0.386 e. The molecule has 1 aromatic heterocycles. The van der Waals surface area contributed by atoms with Crippen LogP contribution < -0.4 is 16.0 Å². The Morgan fingerprint density at radius 2 is 2.36 bits per heavy atom. The molecule has 0 bridgehead atoms. The van der Waals surface area contributed by atoms with E-state index < -0.39 is 32.0 Å². The van der Waals surface area contributed by atoms with Crippen LogP contribution in [0.25, 0.3) is 0 Å². The summed E-state index contributed by atoms with van der Waals surface area (Å²) in [6.45, 7) is 0.326. The van der Waals surface area contributed by atoms with Crippen LogP contribution in [0.1, 0.15) is 0 Å². The van der Waals surface area contributed by atoms with Crippen molar-refractivity contribution in [1.29, 1.82) is 0 Å². The molecule has 22 heavy (non-hydrogen) atoms. The summed E-state index contributed by atoms with van der Waals surface area (Å²) in [5.41, 5.74) is 6.36. The summed E-state index contributed by atoms with van der Waals surface area (Å²) in [5, 5.41) is 13.5. The molecule has 0 aromatic carbocycles. The Morgan fingerprint density at radius 3 is 3.18 bits per heavy atom. The van der Waals surface area contributed by atoms with Gasteiger partial charge in [-0.2, -0.15) is 0 Å². The highest BCUT2D eigenvalue weighted by Crippen LogP contribution is 2.51. The Kier molecular flexibility index (Phi) is 3.11. The number of ether oxygens (including phenoxy) is 1. The zero-order chi connectivity index (χ0) is 15.5. The molecule has 10 nitrogen and oxygen atoms in total. The van der Waals surface area contributed by atoms with Crippen molar-refractivity contribution in [3.8, 4) is 0 Å². The first-order valence-corrected chi connectivity index (χ1v) is 8.23. The zero-order valence-electron chi connectivity index (χ0n) is 11.3. The molecule has 116 valence electrons. The molecule has 0 amide bonds. The Morgan fingerprint density at radius 1 is 1.55 bits per heavy atom. The number of aromatic nitrogens is 2. The molecular formula is C10H13BN5O5P. The van der Waals surface area contributed by atoms with Gasteiger partial charge in [0.25, 0.3) is 7.47 Å². The van der Waals surface area contributed by atoms with Crippen LogP contribution in [-0.4, -0.2) is 60.5 Å². The molecule has 0 saturated carbocycles. The topological polar surface area (TPSA) is 132 Å². The molecule has 4 heterocycles. The van der Waals surface area contributed by atoms with Crippen molar-refractivity contribution >= 4 is 32.4 Å². The van der Waals surface area contributed by atoms with Crippen molar-refractivity contribution in [2.24, 2.45) is 0 Å². The minimum Gasteiger partial charge on any atom is -0.386 e. The van der Waals surface area contributed by atoms with E-state index >= 15 is 0 Å². The molecular weight excluding hydrogens is 312 g/mol. The lowest BCUT2D eigenvalue weighted by molar-refractivity contribution is -0.0367. The number of rotatable bonds is 1. The van der Waals surface area contributed by atoms with E-state index in [9.17, 15) is 9.67 Å². The molecule has 12 heteroatoms. The number of hydrogen-bond donors (Lipinski definition) is 3. The standard InChI is InChI=1S/C10H13BN5O5P/c11-22(18)19-1-4-7(21-22)6(17)10(20-4)16-3-15-5-8(12)13-2-14-9(5)16/h2,4,6-7,10,15,17H,1,3H2,(H2,12,13,14)/t4?,6?,7-,10?,22?/m1/s1. The van der Waals surface area contributed by atoms with Crippen LogP contribution in [0, 0.1) is 0 Å². The average molecular weight is 325 g/mol. The predicted octanol–water partition coefficient (Wildman–Crippen LogP) is -0.974. The molecule has 2 saturated heterocycles. The number of fused-ring (bicyclic) bond motifs is 2. The van der Waals surface area contributed by atoms with Crippen LogP contribution in [0.3, 0.4) is 0 Å². The summed E-state index contributed by atoms with van der Waals surface area (Å²) in [5.74, 6) is 0.829. The first-order valence-electron chi connectivity index (χ1n) is 6.62. The number of anilines is 3. The lowest BCUT2D eigenvalue weighted by Crippen LogP contribution is -2.45. The summed E-state index contributed by atoms with van der Waals surface area (Å²) < 4.78 is 27.5. The van der Waals surface area contributed by atoms with Crippen LogP contribution in [-0.2, 0) is 18.3 Å². The first-order chi connectivity index (χ1) is 10.5. The van der Waals surface area contributed by atoms with Gasteiger partial charge in [0.05, 0.1) is 13.3 Å². The molecule has 4 N–H and O–H groups in total.